The Morgan fingerprint density at radius 2 is 2.10 bits per heavy atom. The van der Waals surface area contributed by atoms with Crippen LogP contribution < -0.4 is 4.74 Å². The third kappa shape index (κ3) is 4.81. The maximum absolute atomic E-state index is 14.1. The van der Waals surface area contributed by atoms with Gasteiger partial charge in [-0.1, -0.05) is 19.1 Å². The number of hydrogen-bond donors (Lipinski definition) is 0. The van der Waals surface area contributed by atoms with E-state index in [1.165, 1.54) is 7.11 Å². The van der Waals surface area contributed by atoms with Crippen molar-refractivity contribution in [3.8, 4) is 5.75 Å². The zero-order valence-electron chi connectivity index (χ0n) is 12.3. The van der Waals surface area contributed by atoms with E-state index in [0.717, 1.165) is 6.42 Å². The van der Waals surface area contributed by atoms with Crippen LogP contribution in [0.1, 0.15) is 25.8 Å². The van der Waals surface area contributed by atoms with Crippen molar-refractivity contribution in [2.75, 3.05) is 26.8 Å². The summed E-state index contributed by atoms with van der Waals surface area (Å²) >= 11 is 0. The van der Waals surface area contributed by atoms with E-state index in [9.17, 15) is 9.18 Å². The smallest absolute Gasteiger partial charge is 0.320 e. The number of esters is 1. The van der Waals surface area contributed by atoms with E-state index in [4.69, 9.17) is 9.47 Å². The molecule has 112 valence electrons. The lowest BCUT2D eigenvalue weighted by molar-refractivity contribution is -0.144. The zero-order chi connectivity index (χ0) is 15.0. The molecule has 0 N–H and O–H groups in total. The molecule has 0 heterocycles. The van der Waals surface area contributed by atoms with Crippen LogP contribution in [0.2, 0.25) is 0 Å². The highest BCUT2D eigenvalue weighted by atomic mass is 19.1. The first-order valence-corrected chi connectivity index (χ1v) is 6.81. The van der Waals surface area contributed by atoms with Crippen molar-refractivity contribution in [2.45, 2.75) is 26.8 Å². The molecule has 0 amide bonds. The van der Waals surface area contributed by atoms with Crippen LogP contribution >= 0.6 is 0 Å². The molecule has 0 aliphatic carbocycles. The summed E-state index contributed by atoms with van der Waals surface area (Å²) in [7, 11) is 1.44. The number of benzene rings is 1. The van der Waals surface area contributed by atoms with Crippen LogP contribution in [0.5, 0.6) is 5.75 Å². The molecule has 0 aliphatic heterocycles. The predicted molar refractivity (Wildman–Crippen MR) is 75.2 cm³/mol. The fourth-order valence-corrected chi connectivity index (χ4v) is 2.00. The van der Waals surface area contributed by atoms with E-state index >= 15 is 0 Å². The quantitative estimate of drug-likeness (QED) is 0.687. The van der Waals surface area contributed by atoms with Crippen molar-refractivity contribution in [3.63, 3.8) is 0 Å². The number of carbonyl (C=O) groups is 1. The van der Waals surface area contributed by atoms with E-state index in [-0.39, 0.29) is 24.1 Å². The van der Waals surface area contributed by atoms with Crippen molar-refractivity contribution < 1.29 is 18.7 Å². The second-order valence-corrected chi connectivity index (χ2v) is 4.45. The van der Waals surface area contributed by atoms with Gasteiger partial charge in [-0.15, -0.1) is 0 Å². The Labute approximate surface area is 119 Å². The maximum Gasteiger partial charge on any atom is 0.320 e. The lowest BCUT2D eigenvalue weighted by atomic mass is 10.1. The van der Waals surface area contributed by atoms with Gasteiger partial charge in [-0.3, -0.25) is 9.69 Å². The standard InChI is InChI=1S/C15H22FNO3/c1-4-9-17(11-14(18)20-5-2)10-12-7-6-8-13(19-3)15(12)16/h6-8H,4-5,9-11H2,1-3H3. The van der Waals surface area contributed by atoms with Crippen molar-refractivity contribution in [1.82, 2.24) is 4.90 Å². The van der Waals surface area contributed by atoms with Crippen LogP contribution in [0.25, 0.3) is 0 Å². The molecule has 0 atom stereocenters. The van der Waals surface area contributed by atoms with Crippen molar-refractivity contribution >= 4 is 5.97 Å². The molecule has 0 radical (unpaired) electrons. The topological polar surface area (TPSA) is 38.8 Å². The number of rotatable bonds is 8. The molecule has 5 heteroatoms. The average Bonchev–Trinajstić information content (AvgIpc) is 2.41. The van der Waals surface area contributed by atoms with Gasteiger partial charge in [-0.2, -0.15) is 0 Å². The highest BCUT2D eigenvalue weighted by molar-refractivity contribution is 5.71. The number of nitrogens with zero attached hydrogens (tertiary/aromatic N) is 1. The SMILES string of the molecule is CCCN(CC(=O)OCC)Cc1cccc(OC)c1F. The van der Waals surface area contributed by atoms with Gasteiger partial charge in [-0.05, 0) is 26.0 Å². The highest BCUT2D eigenvalue weighted by Crippen LogP contribution is 2.21. The molecule has 20 heavy (non-hydrogen) atoms. The van der Waals surface area contributed by atoms with Gasteiger partial charge >= 0.3 is 5.97 Å². The fraction of sp³-hybridized carbons (Fsp3) is 0.533. The van der Waals surface area contributed by atoms with E-state index < -0.39 is 0 Å². The number of methoxy groups -OCH3 is 1. The zero-order valence-corrected chi connectivity index (χ0v) is 12.3. The summed E-state index contributed by atoms with van der Waals surface area (Å²) < 4.78 is 24.0. The van der Waals surface area contributed by atoms with Gasteiger partial charge in [-0.25, -0.2) is 4.39 Å². The van der Waals surface area contributed by atoms with E-state index in [1.807, 2.05) is 11.8 Å². The summed E-state index contributed by atoms with van der Waals surface area (Å²) in [4.78, 5) is 13.4. The van der Waals surface area contributed by atoms with Gasteiger partial charge in [0.15, 0.2) is 11.6 Å². The summed E-state index contributed by atoms with van der Waals surface area (Å²) in [6.07, 6.45) is 0.880. The number of carbonyl (C=O) groups excluding carboxylic acids is 1. The Morgan fingerprint density at radius 3 is 2.70 bits per heavy atom. The minimum Gasteiger partial charge on any atom is -0.494 e. The first-order chi connectivity index (χ1) is 9.62. The number of hydrogen-bond acceptors (Lipinski definition) is 4. The second kappa shape index (κ2) is 8.53. The van der Waals surface area contributed by atoms with Gasteiger partial charge in [0.2, 0.25) is 0 Å². The first-order valence-electron chi connectivity index (χ1n) is 6.81. The van der Waals surface area contributed by atoms with Crippen LogP contribution in [0, 0.1) is 5.82 Å². The third-order valence-corrected chi connectivity index (χ3v) is 2.85. The Bertz CT molecular complexity index is 437. The average molecular weight is 283 g/mol. The molecular weight excluding hydrogens is 261 g/mol. The molecule has 0 aromatic heterocycles. The van der Waals surface area contributed by atoms with Crippen molar-refractivity contribution in [3.05, 3.63) is 29.6 Å². The lowest BCUT2D eigenvalue weighted by Crippen LogP contribution is -2.31. The van der Waals surface area contributed by atoms with Crippen LogP contribution in [-0.4, -0.2) is 37.7 Å². The van der Waals surface area contributed by atoms with Crippen molar-refractivity contribution in [2.24, 2.45) is 0 Å². The van der Waals surface area contributed by atoms with Crippen LogP contribution in [0.15, 0.2) is 18.2 Å². The summed E-state index contributed by atoms with van der Waals surface area (Å²) in [6.45, 7) is 5.36. The minimum absolute atomic E-state index is 0.165. The third-order valence-electron chi connectivity index (χ3n) is 2.85. The minimum atomic E-state index is -0.375. The van der Waals surface area contributed by atoms with Gasteiger partial charge in [0, 0.05) is 12.1 Å². The van der Waals surface area contributed by atoms with Gasteiger partial charge in [0.05, 0.1) is 20.3 Å². The molecule has 0 saturated carbocycles. The predicted octanol–water partition coefficient (Wildman–Crippen LogP) is 2.61. The van der Waals surface area contributed by atoms with Crippen LogP contribution in [0.3, 0.4) is 0 Å². The monoisotopic (exact) mass is 283 g/mol. The first kappa shape index (κ1) is 16.4. The van der Waals surface area contributed by atoms with Gasteiger partial charge in [0.25, 0.3) is 0 Å². The fourth-order valence-electron chi connectivity index (χ4n) is 2.00. The maximum atomic E-state index is 14.1. The summed E-state index contributed by atoms with van der Waals surface area (Å²) in [5.41, 5.74) is 0.516. The molecule has 4 nitrogen and oxygen atoms in total. The summed E-state index contributed by atoms with van der Waals surface area (Å²) in [5, 5.41) is 0. The Balaban J connectivity index is 2.77. The number of ether oxygens (including phenoxy) is 2. The molecule has 1 aromatic rings. The molecule has 0 aliphatic rings. The molecule has 0 unspecified atom stereocenters. The summed E-state index contributed by atoms with van der Waals surface area (Å²) in [5.74, 6) is -0.445. The second-order valence-electron chi connectivity index (χ2n) is 4.45. The van der Waals surface area contributed by atoms with Crippen LogP contribution in [-0.2, 0) is 16.1 Å². The molecular formula is C15H22FNO3. The van der Waals surface area contributed by atoms with E-state index in [1.54, 1.807) is 25.1 Å². The van der Waals surface area contributed by atoms with E-state index in [2.05, 4.69) is 0 Å². The normalized spacial score (nSPS) is 10.7. The lowest BCUT2D eigenvalue weighted by Gasteiger charge is -2.21. The molecule has 1 rings (SSSR count). The Hall–Kier alpha value is -1.62. The van der Waals surface area contributed by atoms with Crippen LogP contribution in [0.4, 0.5) is 4.39 Å². The highest BCUT2D eigenvalue weighted by Gasteiger charge is 2.15. The molecule has 0 bridgehead atoms. The van der Waals surface area contributed by atoms with Gasteiger partial charge < -0.3 is 9.47 Å². The Morgan fingerprint density at radius 1 is 1.35 bits per heavy atom. The largest absolute Gasteiger partial charge is 0.494 e. The molecule has 0 spiro atoms. The summed E-state index contributed by atoms with van der Waals surface area (Å²) in [6, 6.07) is 5.02. The van der Waals surface area contributed by atoms with Crippen molar-refractivity contribution in [1.29, 1.82) is 0 Å². The molecule has 0 fully saturated rings. The molecule has 1 aromatic carbocycles. The van der Waals surface area contributed by atoms with E-state index in [0.29, 0.717) is 25.3 Å². The molecule has 0 saturated heterocycles. The number of halogens is 1. The Kier molecular flexibility index (Phi) is 7.01. The van der Waals surface area contributed by atoms with Gasteiger partial charge in [0.1, 0.15) is 0 Å².